The van der Waals surface area contributed by atoms with Gasteiger partial charge in [0.05, 0.1) is 0 Å². The summed E-state index contributed by atoms with van der Waals surface area (Å²) >= 11 is 0. The third-order valence-electron chi connectivity index (χ3n) is 2.64. The first kappa shape index (κ1) is 11.5. The summed E-state index contributed by atoms with van der Waals surface area (Å²) in [5, 5.41) is 18.3. The average molecular weight is 227 g/mol. The summed E-state index contributed by atoms with van der Waals surface area (Å²) in [6.45, 7) is 0. The van der Waals surface area contributed by atoms with Crippen LogP contribution in [0.5, 0.6) is 11.5 Å². The molecule has 0 fully saturated rings. The maximum Gasteiger partial charge on any atom is 0.115 e. The highest BCUT2D eigenvalue weighted by Crippen LogP contribution is 2.15. The molecule has 0 bridgehead atoms. The van der Waals surface area contributed by atoms with Crippen LogP contribution in [0.2, 0.25) is 0 Å². The Hall–Kier alpha value is -1.96. The van der Waals surface area contributed by atoms with Crippen LogP contribution >= 0.6 is 0 Å². The lowest BCUT2D eigenvalue weighted by atomic mass is 10.0. The van der Waals surface area contributed by atoms with E-state index in [4.69, 9.17) is 10.2 Å². The first-order chi connectivity index (χ1) is 8.24. The Balaban J connectivity index is 1.83. The summed E-state index contributed by atoms with van der Waals surface area (Å²) in [6.07, 6.45) is 4.02. The van der Waals surface area contributed by atoms with Crippen molar-refractivity contribution in [2.24, 2.45) is 0 Å². The van der Waals surface area contributed by atoms with E-state index in [-0.39, 0.29) is 0 Å². The summed E-state index contributed by atoms with van der Waals surface area (Å²) in [5.41, 5.74) is 2.32. The van der Waals surface area contributed by atoms with Crippen molar-refractivity contribution in [2.75, 3.05) is 0 Å². The molecule has 2 aromatic carbocycles. The topological polar surface area (TPSA) is 40.5 Å². The Morgan fingerprint density at radius 3 is 1.88 bits per heavy atom. The maximum absolute atomic E-state index is 9.15. The van der Waals surface area contributed by atoms with Crippen LogP contribution in [0.1, 0.15) is 17.5 Å². The minimum Gasteiger partial charge on any atom is -0.508 e. The molecule has 0 spiro atoms. The first-order valence-corrected chi connectivity index (χ1v) is 5.64. The largest absolute Gasteiger partial charge is 0.508 e. The molecule has 0 aliphatic heterocycles. The van der Waals surface area contributed by atoms with Gasteiger partial charge in [-0.2, -0.15) is 0 Å². The summed E-state index contributed by atoms with van der Waals surface area (Å²) in [5.74, 6) is 0.594. The van der Waals surface area contributed by atoms with Crippen LogP contribution < -0.4 is 0 Å². The van der Waals surface area contributed by atoms with Crippen molar-refractivity contribution in [3.8, 4) is 11.5 Å². The molecular formula is C15H15O2. The Kier molecular flexibility index (Phi) is 3.66. The normalized spacial score (nSPS) is 10.4. The van der Waals surface area contributed by atoms with Gasteiger partial charge >= 0.3 is 0 Å². The average Bonchev–Trinajstić information content (AvgIpc) is 2.34. The second kappa shape index (κ2) is 5.39. The minimum absolute atomic E-state index is 0.292. The first-order valence-electron chi connectivity index (χ1n) is 5.64. The molecule has 0 heterocycles. The highest BCUT2D eigenvalue weighted by molar-refractivity contribution is 5.31. The number of rotatable bonds is 4. The van der Waals surface area contributed by atoms with E-state index in [9.17, 15) is 0 Å². The molecule has 0 unspecified atom stereocenters. The van der Waals surface area contributed by atoms with Crippen molar-refractivity contribution < 1.29 is 10.2 Å². The number of benzene rings is 2. The smallest absolute Gasteiger partial charge is 0.115 e. The van der Waals surface area contributed by atoms with Gasteiger partial charge in [-0.3, -0.25) is 0 Å². The van der Waals surface area contributed by atoms with Crippen LogP contribution in [0, 0.1) is 6.42 Å². The monoisotopic (exact) mass is 227 g/mol. The quantitative estimate of drug-likeness (QED) is 0.841. The zero-order valence-corrected chi connectivity index (χ0v) is 9.50. The fourth-order valence-electron chi connectivity index (χ4n) is 1.68. The third kappa shape index (κ3) is 3.52. The lowest BCUT2D eigenvalue weighted by Gasteiger charge is -2.02. The van der Waals surface area contributed by atoms with E-state index in [1.807, 2.05) is 24.3 Å². The molecule has 0 saturated carbocycles. The predicted octanol–water partition coefficient (Wildman–Crippen LogP) is 3.28. The molecule has 1 radical (unpaired) electrons. The predicted molar refractivity (Wildman–Crippen MR) is 67.9 cm³/mol. The molecule has 2 rings (SSSR count). The van der Waals surface area contributed by atoms with Crippen molar-refractivity contribution in [1.82, 2.24) is 0 Å². The number of phenolic OH excluding ortho intramolecular Hbond substituents is 2. The van der Waals surface area contributed by atoms with Gasteiger partial charge in [0.25, 0.3) is 0 Å². The number of aryl methyl sites for hydroxylation is 1. The Bertz CT molecular complexity index is 412. The Morgan fingerprint density at radius 1 is 0.765 bits per heavy atom. The summed E-state index contributed by atoms with van der Waals surface area (Å²) < 4.78 is 0. The molecule has 0 atom stereocenters. The van der Waals surface area contributed by atoms with Crippen LogP contribution in [0.25, 0.3) is 0 Å². The summed E-state index contributed by atoms with van der Waals surface area (Å²) in [6, 6.07) is 14.4. The molecule has 0 amide bonds. The molecule has 87 valence electrons. The maximum atomic E-state index is 9.15. The van der Waals surface area contributed by atoms with Gasteiger partial charge in [0.2, 0.25) is 0 Å². The van der Waals surface area contributed by atoms with Crippen LogP contribution in [-0.2, 0) is 6.42 Å². The molecule has 0 aromatic heterocycles. The van der Waals surface area contributed by atoms with Gasteiger partial charge in [-0.05, 0) is 54.7 Å². The molecule has 17 heavy (non-hydrogen) atoms. The van der Waals surface area contributed by atoms with E-state index < -0.39 is 0 Å². The highest BCUT2D eigenvalue weighted by Gasteiger charge is 1.97. The van der Waals surface area contributed by atoms with Crippen molar-refractivity contribution in [3.63, 3.8) is 0 Å². The minimum atomic E-state index is 0.292. The summed E-state index contributed by atoms with van der Waals surface area (Å²) in [4.78, 5) is 0. The van der Waals surface area contributed by atoms with E-state index in [0.717, 1.165) is 18.4 Å². The molecule has 2 aromatic rings. The van der Waals surface area contributed by atoms with E-state index in [2.05, 4.69) is 6.42 Å². The standard InChI is InChI=1S/C15H15O2/c16-14-8-4-12(5-9-14)2-1-3-13-6-10-15(17)11-7-13/h2,4-11,16-17H,1,3H2. The van der Waals surface area contributed by atoms with E-state index in [0.29, 0.717) is 11.5 Å². The van der Waals surface area contributed by atoms with Crippen molar-refractivity contribution in [2.45, 2.75) is 12.8 Å². The van der Waals surface area contributed by atoms with Crippen LogP contribution in [0.4, 0.5) is 0 Å². The molecule has 0 aliphatic carbocycles. The van der Waals surface area contributed by atoms with Crippen molar-refractivity contribution in [3.05, 3.63) is 66.1 Å². The zero-order valence-electron chi connectivity index (χ0n) is 9.50. The second-order valence-corrected chi connectivity index (χ2v) is 4.00. The number of hydrogen-bond donors (Lipinski definition) is 2. The third-order valence-corrected chi connectivity index (χ3v) is 2.64. The van der Waals surface area contributed by atoms with Gasteiger partial charge in [-0.15, -0.1) is 0 Å². The van der Waals surface area contributed by atoms with Crippen molar-refractivity contribution in [1.29, 1.82) is 0 Å². The highest BCUT2D eigenvalue weighted by atomic mass is 16.3. The number of aromatic hydroxyl groups is 2. The van der Waals surface area contributed by atoms with Gasteiger partial charge in [-0.25, -0.2) is 0 Å². The lowest BCUT2D eigenvalue weighted by molar-refractivity contribution is 0.474. The van der Waals surface area contributed by atoms with Crippen LogP contribution in [0.15, 0.2) is 48.5 Å². The molecule has 2 nitrogen and oxygen atoms in total. The Labute approximate surface area is 101 Å². The number of hydrogen-bond acceptors (Lipinski definition) is 2. The molecule has 2 N–H and O–H groups in total. The number of phenols is 2. The van der Waals surface area contributed by atoms with Crippen molar-refractivity contribution >= 4 is 0 Å². The van der Waals surface area contributed by atoms with Gasteiger partial charge < -0.3 is 10.2 Å². The van der Waals surface area contributed by atoms with Crippen LogP contribution in [-0.4, -0.2) is 10.2 Å². The zero-order chi connectivity index (χ0) is 12.1. The fourth-order valence-corrected chi connectivity index (χ4v) is 1.68. The molecule has 0 aliphatic rings. The lowest BCUT2D eigenvalue weighted by Crippen LogP contribution is -1.87. The SMILES string of the molecule is Oc1ccc([CH]CCc2ccc(O)cc2)cc1. The molecule has 0 saturated heterocycles. The molecule has 2 heteroatoms. The second-order valence-electron chi connectivity index (χ2n) is 4.00. The van der Waals surface area contributed by atoms with Gasteiger partial charge in [-0.1, -0.05) is 24.3 Å². The van der Waals surface area contributed by atoms with E-state index >= 15 is 0 Å². The fraction of sp³-hybridized carbons (Fsp3) is 0.133. The van der Waals surface area contributed by atoms with Gasteiger partial charge in [0.1, 0.15) is 11.5 Å². The van der Waals surface area contributed by atoms with Gasteiger partial charge in [0.15, 0.2) is 0 Å². The van der Waals surface area contributed by atoms with Crippen LogP contribution in [0.3, 0.4) is 0 Å². The molecular weight excluding hydrogens is 212 g/mol. The van der Waals surface area contributed by atoms with E-state index in [1.54, 1.807) is 24.3 Å². The van der Waals surface area contributed by atoms with E-state index in [1.165, 1.54) is 5.56 Å². The van der Waals surface area contributed by atoms with Gasteiger partial charge in [0, 0.05) is 0 Å². The summed E-state index contributed by atoms with van der Waals surface area (Å²) in [7, 11) is 0. The Morgan fingerprint density at radius 2 is 1.29 bits per heavy atom.